The van der Waals surface area contributed by atoms with Crippen LogP contribution in [0.15, 0.2) is 53.4 Å². The van der Waals surface area contributed by atoms with Gasteiger partial charge in [0.05, 0.1) is 10.9 Å². The first-order valence-electron chi connectivity index (χ1n) is 7.66. The molecule has 1 aliphatic heterocycles. The van der Waals surface area contributed by atoms with E-state index in [0.717, 1.165) is 10.6 Å². The molecule has 1 atom stereocenters. The number of para-hydroxylation sites is 1. The molecule has 2 aromatic rings. The van der Waals surface area contributed by atoms with Crippen molar-refractivity contribution < 1.29 is 19.1 Å². The molecule has 25 heavy (non-hydrogen) atoms. The summed E-state index contributed by atoms with van der Waals surface area (Å²) in [6.07, 6.45) is 0.0660. The van der Waals surface area contributed by atoms with Crippen LogP contribution in [0.1, 0.15) is 13.3 Å². The minimum atomic E-state index is -0.477. The number of rotatable bonds is 4. The molecule has 0 aromatic heterocycles. The Hall–Kier alpha value is -2.80. The molecule has 3 rings (SSSR count). The number of anilines is 2. The molecule has 6 nitrogen and oxygen atoms in total. The zero-order valence-corrected chi connectivity index (χ0v) is 14.3. The summed E-state index contributed by atoms with van der Waals surface area (Å²) in [6, 6.07) is 14.0. The number of hydrogen-bond acceptors (Lipinski definition) is 5. The van der Waals surface area contributed by atoms with Crippen LogP contribution in [0, 0.1) is 0 Å². The van der Waals surface area contributed by atoms with Gasteiger partial charge in [-0.3, -0.25) is 14.4 Å². The number of benzene rings is 2. The molecule has 0 fully saturated rings. The van der Waals surface area contributed by atoms with E-state index >= 15 is 0 Å². The molecule has 0 saturated carbocycles. The molecule has 1 aliphatic rings. The zero-order chi connectivity index (χ0) is 17.8. The summed E-state index contributed by atoms with van der Waals surface area (Å²) in [5.41, 5.74) is 1.35. The molecule has 0 bridgehead atoms. The first-order chi connectivity index (χ1) is 12.0. The van der Waals surface area contributed by atoms with Crippen LogP contribution >= 0.6 is 11.8 Å². The van der Waals surface area contributed by atoms with E-state index in [0.29, 0.717) is 11.4 Å². The Balaban J connectivity index is 1.59. The average Bonchev–Trinajstić information content (AvgIpc) is 2.57. The lowest BCUT2D eigenvalue weighted by Crippen LogP contribution is -2.32. The van der Waals surface area contributed by atoms with E-state index in [1.165, 1.54) is 18.7 Å². The van der Waals surface area contributed by atoms with Gasteiger partial charge in [-0.15, -0.1) is 11.8 Å². The van der Waals surface area contributed by atoms with E-state index in [9.17, 15) is 14.4 Å². The Bertz CT molecular complexity index is 820. The van der Waals surface area contributed by atoms with E-state index in [1.807, 2.05) is 24.3 Å². The third kappa shape index (κ3) is 4.39. The van der Waals surface area contributed by atoms with E-state index < -0.39 is 11.2 Å². The third-order valence-corrected chi connectivity index (χ3v) is 4.75. The predicted molar refractivity (Wildman–Crippen MR) is 95.7 cm³/mol. The number of hydrogen-bond donors (Lipinski definition) is 2. The van der Waals surface area contributed by atoms with Crippen LogP contribution in [0.2, 0.25) is 0 Å². The molecule has 0 saturated heterocycles. The summed E-state index contributed by atoms with van der Waals surface area (Å²) < 4.78 is 4.94. The van der Waals surface area contributed by atoms with Crippen molar-refractivity contribution in [2.75, 3.05) is 10.6 Å². The highest BCUT2D eigenvalue weighted by atomic mass is 32.2. The SMILES string of the molecule is CC(=O)Oc1ccc(NC(=O)C[C@H]2Sc3ccccc3NC2=O)cc1. The second kappa shape index (κ2) is 7.40. The van der Waals surface area contributed by atoms with Crippen molar-refractivity contribution in [2.45, 2.75) is 23.5 Å². The zero-order valence-electron chi connectivity index (χ0n) is 13.4. The topological polar surface area (TPSA) is 84.5 Å². The standard InChI is InChI=1S/C18H16N2O4S/c1-11(21)24-13-8-6-12(7-9-13)19-17(22)10-16-18(23)20-14-4-2-3-5-15(14)25-16/h2-9,16H,10H2,1H3,(H,19,22)(H,20,23)/t16-/m1/s1. The first-order valence-corrected chi connectivity index (χ1v) is 8.54. The Morgan fingerprint density at radius 3 is 2.60 bits per heavy atom. The maximum Gasteiger partial charge on any atom is 0.308 e. The van der Waals surface area contributed by atoms with Gasteiger partial charge >= 0.3 is 5.97 Å². The fourth-order valence-corrected chi connectivity index (χ4v) is 3.49. The molecule has 2 amide bonds. The molecule has 0 spiro atoms. The summed E-state index contributed by atoms with van der Waals surface area (Å²) >= 11 is 1.38. The van der Waals surface area contributed by atoms with Gasteiger partial charge < -0.3 is 15.4 Å². The Labute approximate surface area is 148 Å². The molecule has 1 heterocycles. The summed E-state index contributed by atoms with van der Waals surface area (Å²) in [7, 11) is 0. The van der Waals surface area contributed by atoms with E-state index in [-0.39, 0.29) is 18.2 Å². The molecule has 7 heteroatoms. The van der Waals surface area contributed by atoms with Crippen molar-refractivity contribution in [1.29, 1.82) is 0 Å². The fourth-order valence-electron chi connectivity index (χ4n) is 2.38. The molecule has 2 N–H and O–H groups in total. The normalized spacial score (nSPS) is 15.7. The highest BCUT2D eigenvalue weighted by Crippen LogP contribution is 2.36. The second-order valence-electron chi connectivity index (χ2n) is 5.46. The van der Waals surface area contributed by atoms with Crippen molar-refractivity contribution >= 4 is 40.9 Å². The number of esters is 1. The Morgan fingerprint density at radius 1 is 1.16 bits per heavy atom. The minimum absolute atomic E-state index is 0.0660. The van der Waals surface area contributed by atoms with E-state index in [4.69, 9.17) is 4.74 Å². The summed E-state index contributed by atoms with van der Waals surface area (Å²) in [4.78, 5) is 36.2. The fraction of sp³-hybridized carbons (Fsp3) is 0.167. The van der Waals surface area contributed by atoms with Crippen molar-refractivity contribution in [3.05, 3.63) is 48.5 Å². The quantitative estimate of drug-likeness (QED) is 0.650. The number of thioether (sulfide) groups is 1. The van der Waals surface area contributed by atoms with Gasteiger partial charge in [0.2, 0.25) is 11.8 Å². The number of fused-ring (bicyclic) bond motifs is 1. The van der Waals surface area contributed by atoms with Gasteiger partial charge in [0.15, 0.2) is 0 Å². The predicted octanol–water partition coefficient (Wildman–Crippen LogP) is 3.05. The Morgan fingerprint density at radius 2 is 1.88 bits per heavy atom. The number of carbonyl (C=O) groups excluding carboxylic acids is 3. The number of nitrogens with one attached hydrogen (secondary N) is 2. The molecule has 2 aromatic carbocycles. The number of carbonyl (C=O) groups is 3. The summed E-state index contributed by atoms with van der Waals surface area (Å²) in [6.45, 7) is 1.32. The van der Waals surface area contributed by atoms with Gasteiger partial charge in [0.1, 0.15) is 5.75 Å². The molecule has 128 valence electrons. The van der Waals surface area contributed by atoms with Crippen molar-refractivity contribution in [3.8, 4) is 5.75 Å². The molecule has 0 radical (unpaired) electrons. The van der Waals surface area contributed by atoms with Gasteiger partial charge in [-0.25, -0.2) is 0 Å². The number of ether oxygens (including phenoxy) is 1. The van der Waals surface area contributed by atoms with Crippen LogP contribution in [-0.4, -0.2) is 23.0 Å². The van der Waals surface area contributed by atoms with Crippen molar-refractivity contribution in [3.63, 3.8) is 0 Å². The third-order valence-electron chi connectivity index (χ3n) is 3.48. The first kappa shape index (κ1) is 17.0. The van der Waals surface area contributed by atoms with Gasteiger partial charge in [-0.2, -0.15) is 0 Å². The van der Waals surface area contributed by atoms with E-state index in [2.05, 4.69) is 10.6 Å². The minimum Gasteiger partial charge on any atom is -0.427 e. The molecule has 0 unspecified atom stereocenters. The van der Waals surface area contributed by atoms with Crippen LogP contribution in [0.25, 0.3) is 0 Å². The largest absolute Gasteiger partial charge is 0.427 e. The molecular weight excluding hydrogens is 340 g/mol. The summed E-state index contributed by atoms with van der Waals surface area (Å²) in [5, 5.41) is 5.08. The number of amides is 2. The lowest BCUT2D eigenvalue weighted by Gasteiger charge is -2.23. The maximum atomic E-state index is 12.2. The average molecular weight is 356 g/mol. The van der Waals surface area contributed by atoms with Gasteiger partial charge in [-0.1, -0.05) is 12.1 Å². The lowest BCUT2D eigenvalue weighted by atomic mass is 10.2. The smallest absolute Gasteiger partial charge is 0.308 e. The maximum absolute atomic E-state index is 12.2. The van der Waals surface area contributed by atoms with Gasteiger partial charge in [-0.05, 0) is 36.4 Å². The Kier molecular flexibility index (Phi) is 5.04. The highest BCUT2D eigenvalue weighted by molar-refractivity contribution is 8.01. The van der Waals surface area contributed by atoms with Crippen molar-refractivity contribution in [1.82, 2.24) is 0 Å². The van der Waals surface area contributed by atoms with Crippen molar-refractivity contribution in [2.24, 2.45) is 0 Å². The van der Waals surface area contributed by atoms with E-state index in [1.54, 1.807) is 24.3 Å². The van der Waals surface area contributed by atoms with Crippen LogP contribution < -0.4 is 15.4 Å². The summed E-state index contributed by atoms with van der Waals surface area (Å²) in [5.74, 6) is -0.432. The molecule has 0 aliphatic carbocycles. The van der Waals surface area contributed by atoms with Gasteiger partial charge in [0.25, 0.3) is 0 Å². The lowest BCUT2D eigenvalue weighted by molar-refractivity contribution is -0.131. The monoisotopic (exact) mass is 356 g/mol. The second-order valence-corrected chi connectivity index (χ2v) is 6.71. The van der Waals surface area contributed by atoms with Crippen LogP contribution in [0.3, 0.4) is 0 Å². The van der Waals surface area contributed by atoms with Gasteiger partial charge in [0, 0.05) is 23.9 Å². The van der Waals surface area contributed by atoms with Crippen LogP contribution in [0.4, 0.5) is 11.4 Å². The highest BCUT2D eigenvalue weighted by Gasteiger charge is 2.28. The van der Waals surface area contributed by atoms with Crippen LogP contribution in [0.5, 0.6) is 5.75 Å². The van der Waals surface area contributed by atoms with Crippen LogP contribution in [-0.2, 0) is 14.4 Å². The molecular formula is C18H16N2O4S.